The van der Waals surface area contributed by atoms with Gasteiger partial charge in [0, 0.05) is 32.6 Å². The van der Waals surface area contributed by atoms with E-state index in [1.165, 1.54) is 17.2 Å². The maximum absolute atomic E-state index is 14.1. The van der Waals surface area contributed by atoms with Crippen LogP contribution in [-0.4, -0.2) is 61.0 Å². The Kier molecular flexibility index (Phi) is 5.72. The lowest BCUT2D eigenvalue weighted by molar-refractivity contribution is -0.135. The van der Waals surface area contributed by atoms with Crippen molar-refractivity contribution >= 4 is 11.8 Å². The molecule has 2 saturated heterocycles. The first-order chi connectivity index (χ1) is 15.6. The average Bonchev–Trinajstić information content (AvgIpc) is 3.13. The average molecular weight is 437 g/mol. The van der Waals surface area contributed by atoms with Gasteiger partial charge < -0.3 is 14.5 Å². The first-order valence-corrected chi connectivity index (χ1v) is 11.6. The summed E-state index contributed by atoms with van der Waals surface area (Å²) in [7, 11) is 0. The molecule has 2 aromatic carbocycles. The molecule has 3 aliphatic rings. The van der Waals surface area contributed by atoms with Crippen molar-refractivity contribution in [3.8, 4) is 0 Å². The number of morpholine rings is 1. The van der Waals surface area contributed by atoms with Crippen molar-refractivity contribution in [2.75, 3.05) is 39.4 Å². The predicted molar refractivity (Wildman–Crippen MR) is 119 cm³/mol. The van der Waals surface area contributed by atoms with Crippen LogP contribution in [0.15, 0.2) is 48.5 Å². The highest BCUT2D eigenvalue weighted by Gasteiger charge is 2.46. The quantitative estimate of drug-likeness (QED) is 0.737. The Morgan fingerprint density at radius 1 is 0.938 bits per heavy atom. The summed E-state index contributed by atoms with van der Waals surface area (Å²) in [6.07, 6.45) is 3.14. The van der Waals surface area contributed by atoms with E-state index in [9.17, 15) is 14.0 Å². The highest BCUT2D eigenvalue weighted by molar-refractivity contribution is 5.94. The summed E-state index contributed by atoms with van der Waals surface area (Å²) >= 11 is 0. The van der Waals surface area contributed by atoms with Gasteiger partial charge in [-0.2, -0.15) is 0 Å². The molecule has 0 aromatic heterocycles. The molecule has 2 aromatic rings. The van der Waals surface area contributed by atoms with Gasteiger partial charge in [-0.25, -0.2) is 4.39 Å². The topological polar surface area (TPSA) is 49.9 Å². The van der Waals surface area contributed by atoms with E-state index in [4.69, 9.17) is 4.74 Å². The van der Waals surface area contributed by atoms with Crippen LogP contribution in [0.4, 0.5) is 4.39 Å². The van der Waals surface area contributed by atoms with E-state index in [-0.39, 0.29) is 28.7 Å². The monoisotopic (exact) mass is 436 g/mol. The molecule has 0 bridgehead atoms. The number of benzene rings is 2. The Balaban J connectivity index is 1.31. The van der Waals surface area contributed by atoms with E-state index < -0.39 is 5.82 Å². The zero-order valence-electron chi connectivity index (χ0n) is 18.3. The van der Waals surface area contributed by atoms with E-state index in [0.717, 1.165) is 19.3 Å². The maximum atomic E-state index is 14.1. The molecule has 2 aliphatic heterocycles. The van der Waals surface area contributed by atoms with E-state index in [0.29, 0.717) is 45.8 Å². The molecular weight excluding hydrogens is 407 g/mol. The van der Waals surface area contributed by atoms with Crippen molar-refractivity contribution in [1.82, 2.24) is 9.80 Å². The third kappa shape index (κ3) is 3.81. The number of hydrogen-bond acceptors (Lipinski definition) is 3. The molecule has 0 radical (unpaired) electrons. The van der Waals surface area contributed by atoms with Gasteiger partial charge in [0.25, 0.3) is 5.91 Å². The molecule has 0 saturated carbocycles. The smallest absolute Gasteiger partial charge is 0.256 e. The minimum atomic E-state index is -0.467. The number of carbonyl (C=O) groups is 2. The van der Waals surface area contributed by atoms with Crippen LogP contribution in [0.1, 0.15) is 53.1 Å². The first-order valence-electron chi connectivity index (χ1n) is 11.6. The lowest BCUT2D eigenvalue weighted by atomic mass is 9.73. The number of amides is 2. The van der Waals surface area contributed by atoms with Gasteiger partial charge in [0.2, 0.25) is 5.91 Å². The fraction of sp³-hybridized carbons (Fsp3) is 0.462. The molecule has 0 N–H and O–H groups in total. The number of rotatable bonds is 3. The van der Waals surface area contributed by atoms with Crippen LogP contribution >= 0.6 is 0 Å². The normalized spacial score (nSPS) is 22.1. The van der Waals surface area contributed by atoms with Crippen molar-refractivity contribution in [2.45, 2.75) is 37.0 Å². The summed E-state index contributed by atoms with van der Waals surface area (Å²) in [5, 5.41) is 0. The van der Waals surface area contributed by atoms with Crippen molar-refractivity contribution in [2.24, 2.45) is 0 Å². The molecule has 168 valence electrons. The minimum absolute atomic E-state index is 0.0153. The number of likely N-dealkylation sites (tertiary alicyclic amines) is 1. The van der Waals surface area contributed by atoms with Crippen molar-refractivity contribution in [1.29, 1.82) is 0 Å². The van der Waals surface area contributed by atoms with E-state index >= 15 is 0 Å². The van der Waals surface area contributed by atoms with Crippen LogP contribution in [0.25, 0.3) is 0 Å². The van der Waals surface area contributed by atoms with E-state index in [2.05, 4.69) is 24.3 Å². The van der Waals surface area contributed by atoms with Crippen LogP contribution in [0.3, 0.4) is 0 Å². The van der Waals surface area contributed by atoms with Gasteiger partial charge in [-0.15, -0.1) is 0 Å². The SMILES string of the molecule is O=C(CC1CC2(CCN(C(=O)c3ccccc3F)CC2)c2ccccc21)N1CCOCC1. The minimum Gasteiger partial charge on any atom is -0.378 e. The largest absolute Gasteiger partial charge is 0.378 e. The molecule has 1 spiro atoms. The van der Waals surface area contributed by atoms with E-state index in [1.807, 2.05) is 4.90 Å². The molecule has 1 atom stereocenters. The van der Waals surface area contributed by atoms with Crippen LogP contribution in [0.2, 0.25) is 0 Å². The lowest BCUT2D eigenvalue weighted by Gasteiger charge is -2.40. The molecule has 1 unspecified atom stereocenters. The van der Waals surface area contributed by atoms with Gasteiger partial charge in [0.15, 0.2) is 0 Å². The molecular formula is C26H29FN2O3. The molecule has 2 amide bonds. The number of piperidine rings is 1. The van der Waals surface area contributed by atoms with Gasteiger partial charge in [-0.3, -0.25) is 9.59 Å². The predicted octanol–water partition coefficient (Wildman–Crippen LogP) is 3.74. The van der Waals surface area contributed by atoms with Crippen LogP contribution in [-0.2, 0) is 14.9 Å². The van der Waals surface area contributed by atoms with Gasteiger partial charge in [0.05, 0.1) is 18.8 Å². The van der Waals surface area contributed by atoms with Gasteiger partial charge >= 0.3 is 0 Å². The second kappa shape index (κ2) is 8.66. The molecule has 2 heterocycles. The van der Waals surface area contributed by atoms with Crippen molar-refractivity contribution in [3.63, 3.8) is 0 Å². The summed E-state index contributed by atoms with van der Waals surface area (Å²) in [5.74, 6) is -0.290. The van der Waals surface area contributed by atoms with Gasteiger partial charge in [-0.05, 0) is 53.9 Å². The van der Waals surface area contributed by atoms with Crippen molar-refractivity contribution in [3.05, 3.63) is 71.0 Å². The third-order valence-electron chi connectivity index (χ3n) is 7.51. The number of carbonyl (C=O) groups excluding carboxylic acids is 2. The summed E-state index contributed by atoms with van der Waals surface area (Å²) in [5.41, 5.74) is 2.74. The number of fused-ring (bicyclic) bond motifs is 2. The Morgan fingerprint density at radius 2 is 1.62 bits per heavy atom. The lowest BCUT2D eigenvalue weighted by Crippen LogP contribution is -2.44. The van der Waals surface area contributed by atoms with Crippen molar-refractivity contribution < 1.29 is 18.7 Å². The molecule has 6 heteroatoms. The number of halogens is 1. The summed E-state index contributed by atoms with van der Waals surface area (Å²) in [4.78, 5) is 29.5. The highest BCUT2D eigenvalue weighted by atomic mass is 19.1. The summed E-state index contributed by atoms with van der Waals surface area (Å²) in [6, 6.07) is 14.7. The van der Waals surface area contributed by atoms with E-state index in [1.54, 1.807) is 23.1 Å². The Labute approximate surface area is 188 Å². The first kappa shape index (κ1) is 21.1. The zero-order valence-corrected chi connectivity index (χ0v) is 18.3. The molecule has 1 aliphatic carbocycles. The second-order valence-corrected chi connectivity index (χ2v) is 9.24. The fourth-order valence-corrected chi connectivity index (χ4v) is 5.78. The molecule has 2 fully saturated rings. The number of hydrogen-bond donors (Lipinski definition) is 0. The Morgan fingerprint density at radius 3 is 2.38 bits per heavy atom. The second-order valence-electron chi connectivity index (χ2n) is 9.24. The standard InChI is InChI=1S/C26H29FN2O3/c27-23-8-4-2-6-21(23)25(31)29-11-9-26(10-12-29)18-19(20-5-1-3-7-22(20)26)17-24(30)28-13-15-32-16-14-28/h1-8,19H,9-18H2. The fourth-order valence-electron chi connectivity index (χ4n) is 5.78. The maximum Gasteiger partial charge on any atom is 0.256 e. The molecule has 32 heavy (non-hydrogen) atoms. The molecule has 5 nitrogen and oxygen atoms in total. The van der Waals surface area contributed by atoms with Crippen LogP contribution in [0, 0.1) is 5.82 Å². The zero-order chi connectivity index (χ0) is 22.1. The number of nitrogens with zero attached hydrogens (tertiary/aromatic N) is 2. The Bertz CT molecular complexity index is 1010. The summed E-state index contributed by atoms with van der Waals surface area (Å²) < 4.78 is 19.5. The van der Waals surface area contributed by atoms with Gasteiger partial charge in [-0.1, -0.05) is 36.4 Å². The molecule has 5 rings (SSSR count). The van der Waals surface area contributed by atoms with Crippen LogP contribution in [0.5, 0.6) is 0 Å². The van der Waals surface area contributed by atoms with Crippen LogP contribution < -0.4 is 0 Å². The third-order valence-corrected chi connectivity index (χ3v) is 7.51. The Hall–Kier alpha value is -2.73. The highest BCUT2D eigenvalue weighted by Crippen LogP contribution is 2.52. The number of ether oxygens (including phenoxy) is 1. The summed E-state index contributed by atoms with van der Waals surface area (Å²) in [6.45, 7) is 3.78. The van der Waals surface area contributed by atoms with Gasteiger partial charge in [0.1, 0.15) is 5.82 Å².